The highest BCUT2D eigenvalue weighted by molar-refractivity contribution is 7.14. The summed E-state index contributed by atoms with van der Waals surface area (Å²) in [5.74, 6) is 0. The van der Waals surface area contributed by atoms with Crippen LogP contribution in [0.25, 0.3) is 22.2 Å². The molecule has 0 aliphatic rings. The molecular formula is C16H8Cl2N2S2. The summed E-state index contributed by atoms with van der Waals surface area (Å²) in [5, 5.41) is 15.0. The summed E-state index contributed by atoms with van der Waals surface area (Å²) >= 11 is 15.3. The number of allylic oxidation sites excluding steroid dienone is 1. The molecule has 2 nitrogen and oxygen atoms in total. The van der Waals surface area contributed by atoms with Crippen molar-refractivity contribution in [2.75, 3.05) is 0 Å². The third kappa shape index (κ3) is 3.08. The van der Waals surface area contributed by atoms with Gasteiger partial charge in [-0.2, -0.15) is 5.26 Å². The van der Waals surface area contributed by atoms with E-state index >= 15 is 0 Å². The van der Waals surface area contributed by atoms with Crippen LogP contribution in [0.15, 0.2) is 41.1 Å². The minimum atomic E-state index is 0.447. The lowest BCUT2D eigenvalue weighted by Crippen LogP contribution is -1.84. The van der Waals surface area contributed by atoms with Crippen LogP contribution in [0.5, 0.6) is 0 Å². The molecule has 3 rings (SSSR count). The first-order valence-electron chi connectivity index (χ1n) is 6.24. The Hall–Kier alpha value is -1.64. The molecule has 2 aromatic heterocycles. The fourth-order valence-electron chi connectivity index (χ4n) is 1.87. The lowest BCUT2D eigenvalue weighted by atomic mass is 10.1. The minimum Gasteiger partial charge on any atom is -0.234 e. The van der Waals surface area contributed by atoms with Crippen LogP contribution in [0, 0.1) is 11.3 Å². The Morgan fingerprint density at radius 3 is 2.55 bits per heavy atom. The quantitative estimate of drug-likeness (QED) is 0.516. The molecule has 0 aliphatic carbocycles. The van der Waals surface area contributed by atoms with E-state index in [1.165, 1.54) is 11.3 Å². The molecule has 0 saturated heterocycles. The van der Waals surface area contributed by atoms with Gasteiger partial charge >= 0.3 is 0 Å². The van der Waals surface area contributed by atoms with E-state index in [4.69, 9.17) is 23.2 Å². The van der Waals surface area contributed by atoms with Crippen LogP contribution >= 0.6 is 45.9 Å². The van der Waals surface area contributed by atoms with Gasteiger partial charge in [0.15, 0.2) is 0 Å². The molecule has 0 aliphatic heterocycles. The van der Waals surface area contributed by atoms with Crippen molar-refractivity contribution >= 4 is 57.5 Å². The van der Waals surface area contributed by atoms with E-state index in [1.807, 2.05) is 22.9 Å². The Morgan fingerprint density at radius 1 is 1.14 bits per heavy atom. The standard InChI is InChI=1S/C16H8Cl2N2S2/c17-12-3-1-4-13(18)11(12)7-10(8-19)16-20-14(9-22-16)15-5-2-6-21-15/h1-7,9H/b10-7-. The van der Waals surface area contributed by atoms with Crippen molar-refractivity contribution < 1.29 is 0 Å². The second-order valence-corrected chi connectivity index (χ2v) is 6.94. The molecule has 108 valence electrons. The summed E-state index contributed by atoms with van der Waals surface area (Å²) in [4.78, 5) is 5.61. The molecule has 22 heavy (non-hydrogen) atoms. The maximum Gasteiger partial charge on any atom is 0.134 e. The highest BCUT2D eigenvalue weighted by Gasteiger charge is 2.11. The normalized spacial score (nSPS) is 11.4. The first-order chi connectivity index (χ1) is 10.7. The summed E-state index contributed by atoms with van der Waals surface area (Å²) in [6.45, 7) is 0. The molecule has 1 aromatic carbocycles. The fourth-order valence-corrected chi connectivity index (χ4v) is 3.92. The van der Waals surface area contributed by atoms with Crippen LogP contribution in [-0.2, 0) is 0 Å². The fraction of sp³-hybridized carbons (Fsp3) is 0. The topological polar surface area (TPSA) is 36.7 Å². The van der Waals surface area contributed by atoms with Gasteiger partial charge in [0.25, 0.3) is 0 Å². The molecule has 0 unspecified atom stereocenters. The zero-order valence-electron chi connectivity index (χ0n) is 11.1. The average molecular weight is 363 g/mol. The summed E-state index contributed by atoms with van der Waals surface area (Å²) in [6, 6.07) is 11.4. The largest absolute Gasteiger partial charge is 0.234 e. The molecule has 0 amide bonds. The lowest BCUT2D eigenvalue weighted by Gasteiger charge is -2.01. The number of hydrogen-bond donors (Lipinski definition) is 0. The first-order valence-corrected chi connectivity index (χ1v) is 8.76. The highest BCUT2D eigenvalue weighted by Crippen LogP contribution is 2.32. The smallest absolute Gasteiger partial charge is 0.134 e. The van der Waals surface area contributed by atoms with Gasteiger partial charge in [-0.3, -0.25) is 0 Å². The summed E-state index contributed by atoms with van der Waals surface area (Å²) in [5.41, 5.74) is 1.96. The Labute approximate surface area is 145 Å². The molecule has 2 heterocycles. The maximum absolute atomic E-state index is 9.43. The number of hydrogen-bond acceptors (Lipinski definition) is 4. The van der Waals surface area contributed by atoms with Crippen LogP contribution in [0.2, 0.25) is 10.0 Å². The van der Waals surface area contributed by atoms with Gasteiger partial charge in [-0.25, -0.2) is 4.98 Å². The summed E-state index contributed by atoms with van der Waals surface area (Å²) < 4.78 is 0. The van der Waals surface area contributed by atoms with Gasteiger partial charge in [0.2, 0.25) is 0 Å². The Balaban J connectivity index is 2.02. The van der Waals surface area contributed by atoms with Crippen molar-refractivity contribution in [2.24, 2.45) is 0 Å². The SMILES string of the molecule is N#C/C(=C/c1c(Cl)cccc1Cl)c1nc(-c2cccs2)cs1. The second kappa shape index (κ2) is 6.64. The van der Waals surface area contributed by atoms with Crippen molar-refractivity contribution in [1.29, 1.82) is 5.26 Å². The van der Waals surface area contributed by atoms with Gasteiger partial charge in [0.1, 0.15) is 11.1 Å². The number of benzene rings is 1. The number of rotatable bonds is 3. The van der Waals surface area contributed by atoms with E-state index in [0.717, 1.165) is 10.6 Å². The van der Waals surface area contributed by atoms with Crippen molar-refractivity contribution in [3.63, 3.8) is 0 Å². The number of halogens is 2. The molecule has 0 saturated carbocycles. The van der Waals surface area contributed by atoms with Gasteiger partial charge < -0.3 is 0 Å². The molecule has 0 spiro atoms. The van der Waals surface area contributed by atoms with E-state index in [9.17, 15) is 5.26 Å². The van der Waals surface area contributed by atoms with Crippen LogP contribution in [0.3, 0.4) is 0 Å². The van der Waals surface area contributed by atoms with E-state index in [-0.39, 0.29) is 0 Å². The Morgan fingerprint density at radius 2 is 1.91 bits per heavy atom. The number of aromatic nitrogens is 1. The maximum atomic E-state index is 9.43. The minimum absolute atomic E-state index is 0.447. The molecule has 0 bridgehead atoms. The third-order valence-corrected chi connectivity index (χ3v) is 5.34. The molecule has 0 N–H and O–H groups in total. The summed E-state index contributed by atoms with van der Waals surface area (Å²) in [6.07, 6.45) is 1.68. The second-order valence-electron chi connectivity index (χ2n) is 4.32. The lowest BCUT2D eigenvalue weighted by molar-refractivity contribution is 1.38. The van der Waals surface area contributed by atoms with E-state index in [2.05, 4.69) is 11.1 Å². The predicted molar refractivity (Wildman–Crippen MR) is 95.4 cm³/mol. The monoisotopic (exact) mass is 362 g/mol. The van der Waals surface area contributed by atoms with Crippen molar-refractivity contribution in [1.82, 2.24) is 4.98 Å². The van der Waals surface area contributed by atoms with Crippen molar-refractivity contribution in [2.45, 2.75) is 0 Å². The predicted octanol–water partition coefficient (Wildman–Crippen LogP) is 6.24. The number of nitrogens with zero attached hydrogens (tertiary/aromatic N) is 2. The van der Waals surface area contributed by atoms with Crippen molar-refractivity contribution in [3.05, 3.63) is 61.7 Å². The number of thiophene rings is 1. The summed E-state index contributed by atoms with van der Waals surface area (Å²) in [7, 11) is 0. The van der Waals surface area contributed by atoms with Gasteiger partial charge in [-0.15, -0.1) is 22.7 Å². The highest BCUT2D eigenvalue weighted by atomic mass is 35.5. The van der Waals surface area contributed by atoms with E-state index in [0.29, 0.717) is 26.2 Å². The molecule has 0 radical (unpaired) electrons. The molecule has 0 atom stereocenters. The molecule has 0 fully saturated rings. The van der Waals surface area contributed by atoms with Gasteiger partial charge in [0.05, 0.1) is 16.1 Å². The van der Waals surface area contributed by atoms with Crippen LogP contribution in [0.1, 0.15) is 10.6 Å². The van der Waals surface area contributed by atoms with E-state index in [1.54, 1.807) is 35.6 Å². The van der Waals surface area contributed by atoms with Gasteiger partial charge in [-0.05, 0) is 29.7 Å². The van der Waals surface area contributed by atoms with Gasteiger partial charge in [0, 0.05) is 21.0 Å². The van der Waals surface area contributed by atoms with Crippen molar-refractivity contribution in [3.8, 4) is 16.6 Å². The van der Waals surface area contributed by atoms with Crippen LogP contribution < -0.4 is 0 Å². The zero-order chi connectivity index (χ0) is 15.5. The number of nitriles is 1. The van der Waals surface area contributed by atoms with Gasteiger partial charge in [-0.1, -0.05) is 35.3 Å². The molecular weight excluding hydrogens is 355 g/mol. The number of thiazole rings is 1. The zero-order valence-corrected chi connectivity index (χ0v) is 14.2. The molecule has 6 heteroatoms. The molecule has 3 aromatic rings. The Bertz CT molecular complexity index is 854. The van der Waals surface area contributed by atoms with Crippen LogP contribution in [0.4, 0.5) is 0 Å². The van der Waals surface area contributed by atoms with E-state index < -0.39 is 0 Å². The average Bonchev–Trinajstić information content (AvgIpc) is 3.18. The third-order valence-electron chi connectivity index (χ3n) is 2.92. The Kier molecular flexibility index (Phi) is 4.60. The first kappa shape index (κ1) is 15.3. The van der Waals surface area contributed by atoms with Crippen LogP contribution in [-0.4, -0.2) is 4.98 Å².